The molecule has 1 aliphatic rings. The van der Waals surface area contributed by atoms with E-state index < -0.39 is 21.5 Å². The first-order valence-corrected chi connectivity index (χ1v) is 9.42. The highest BCUT2D eigenvalue weighted by molar-refractivity contribution is 7.91. The number of carboxylic acid groups (broad SMARTS) is 1. The van der Waals surface area contributed by atoms with E-state index in [4.69, 9.17) is 5.11 Å². The summed E-state index contributed by atoms with van der Waals surface area (Å²) in [5.41, 5.74) is -0.980. The van der Waals surface area contributed by atoms with E-state index in [9.17, 15) is 23.1 Å². The van der Waals surface area contributed by atoms with Gasteiger partial charge in [0, 0.05) is 18.5 Å². The lowest BCUT2D eigenvalue weighted by Gasteiger charge is -2.21. The first kappa shape index (κ1) is 18.4. The van der Waals surface area contributed by atoms with Gasteiger partial charge >= 0.3 is 6.09 Å². The Morgan fingerprint density at radius 1 is 1.21 bits per heavy atom. The van der Waals surface area contributed by atoms with E-state index in [1.165, 1.54) is 24.3 Å². The first-order valence-electron chi connectivity index (χ1n) is 7.77. The number of carbonyl (C=O) groups is 2. The van der Waals surface area contributed by atoms with Crippen molar-refractivity contribution in [2.45, 2.75) is 42.6 Å². The smallest absolute Gasteiger partial charge is 0.404 e. The molecule has 1 aromatic carbocycles. The number of sulfone groups is 1. The quantitative estimate of drug-likeness (QED) is 0.639. The molecule has 0 atom stereocenters. The molecule has 1 saturated carbocycles. The first-order chi connectivity index (χ1) is 11.2. The standard InChI is InChI=1S/C16H21NO6S/c18-14(6-9-17-15(19)20)12-4-3-5-13(10-12)24(22,23)11-16(21)7-1-2-8-16/h3-5,10,17,21H,1-2,6-9,11H2,(H,19,20). The number of ketones is 1. The summed E-state index contributed by atoms with van der Waals surface area (Å²) < 4.78 is 25.0. The van der Waals surface area contributed by atoms with Crippen LogP contribution in [0.2, 0.25) is 0 Å². The number of hydrogen-bond acceptors (Lipinski definition) is 5. The van der Waals surface area contributed by atoms with Crippen LogP contribution in [0.5, 0.6) is 0 Å². The molecule has 1 aromatic rings. The molecule has 8 heteroatoms. The molecular formula is C16H21NO6S. The molecule has 3 N–H and O–H groups in total. The minimum atomic E-state index is -3.70. The zero-order chi connectivity index (χ0) is 17.8. The average Bonchev–Trinajstić information content (AvgIpc) is 2.92. The lowest BCUT2D eigenvalue weighted by atomic mass is 10.1. The Labute approximate surface area is 140 Å². The number of nitrogens with one attached hydrogen (secondary N) is 1. The van der Waals surface area contributed by atoms with Gasteiger partial charge in [0.2, 0.25) is 0 Å². The lowest BCUT2D eigenvalue weighted by Crippen LogP contribution is -2.34. The summed E-state index contributed by atoms with van der Waals surface area (Å²) in [6.07, 6.45) is 1.27. The Morgan fingerprint density at radius 3 is 2.50 bits per heavy atom. The Kier molecular flexibility index (Phi) is 5.61. The molecule has 0 heterocycles. The van der Waals surface area contributed by atoms with Crippen LogP contribution in [-0.2, 0) is 9.84 Å². The van der Waals surface area contributed by atoms with Gasteiger partial charge in [-0.2, -0.15) is 0 Å². The molecular weight excluding hydrogens is 334 g/mol. The highest BCUT2D eigenvalue weighted by atomic mass is 32.2. The maximum atomic E-state index is 12.5. The fourth-order valence-corrected chi connectivity index (χ4v) is 4.66. The van der Waals surface area contributed by atoms with Gasteiger partial charge in [-0.05, 0) is 25.0 Å². The number of Topliss-reactive ketones (excluding diaryl/α,β-unsaturated/α-hetero) is 1. The van der Waals surface area contributed by atoms with Crippen LogP contribution >= 0.6 is 0 Å². The van der Waals surface area contributed by atoms with Crippen LogP contribution < -0.4 is 5.32 Å². The second kappa shape index (κ2) is 7.31. The lowest BCUT2D eigenvalue weighted by molar-refractivity contribution is 0.0714. The van der Waals surface area contributed by atoms with Crippen molar-refractivity contribution in [1.82, 2.24) is 5.32 Å². The summed E-state index contributed by atoms with van der Waals surface area (Å²) in [6.45, 7) is -0.0368. The Morgan fingerprint density at radius 2 is 1.88 bits per heavy atom. The topological polar surface area (TPSA) is 121 Å². The maximum absolute atomic E-state index is 12.5. The van der Waals surface area contributed by atoms with Crippen molar-refractivity contribution in [2.75, 3.05) is 12.3 Å². The van der Waals surface area contributed by atoms with Crippen LogP contribution in [0.15, 0.2) is 29.2 Å². The van der Waals surface area contributed by atoms with Gasteiger partial charge in [-0.15, -0.1) is 0 Å². The van der Waals surface area contributed by atoms with Crippen molar-refractivity contribution in [3.63, 3.8) is 0 Å². The van der Waals surface area contributed by atoms with E-state index in [1.54, 1.807) is 0 Å². The van der Waals surface area contributed by atoms with Gasteiger partial charge in [0.05, 0.1) is 16.2 Å². The SMILES string of the molecule is O=C(O)NCCC(=O)c1cccc(S(=O)(=O)CC2(O)CCCC2)c1. The predicted molar refractivity (Wildman–Crippen MR) is 86.9 cm³/mol. The minimum Gasteiger partial charge on any atom is -0.465 e. The van der Waals surface area contributed by atoms with Crippen LogP contribution in [0.1, 0.15) is 42.5 Å². The van der Waals surface area contributed by atoms with Gasteiger partial charge in [-0.1, -0.05) is 25.0 Å². The summed E-state index contributed by atoms with van der Waals surface area (Å²) >= 11 is 0. The number of benzene rings is 1. The second-order valence-corrected chi connectivity index (χ2v) is 8.11. The molecule has 0 saturated heterocycles. The van der Waals surface area contributed by atoms with E-state index in [-0.39, 0.29) is 35.0 Å². The molecule has 0 aliphatic heterocycles. The van der Waals surface area contributed by atoms with E-state index >= 15 is 0 Å². The van der Waals surface area contributed by atoms with E-state index in [0.29, 0.717) is 12.8 Å². The van der Waals surface area contributed by atoms with Crippen molar-refractivity contribution in [2.24, 2.45) is 0 Å². The summed E-state index contributed by atoms with van der Waals surface area (Å²) in [5.74, 6) is -0.696. The molecule has 0 radical (unpaired) electrons. The molecule has 1 amide bonds. The summed E-state index contributed by atoms with van der Waals surface area (Å²) in [6, 6.07) is 5.66. The predicted octanol–water partition coefficient (Wildman–Crippen LogP) is 1.61. The molecule has 0 spiro atoms. The van der Waals surface area contributed by atoms with E-state index in [0.717, 1.165) is 12.8 Å². The number of aliphatic hydroxyl groups is 1. The fourth-order valence-electron chi connectivity index (χ4n) is 2.90. The highest BCUT2D eigenvalue weighted by Gasteiger charge is 2.36. The molecule has 1 aliphatic carbocycles. The van der Waals surface area contributed by atoms with Gasteiger partial charge in [-0.3, -0.25) is 4.79 Å². The normalized spacial score (nSPS) is 16.7. The van der Waals surface area contributed by atoms with E-state index in [1.807, 2.05) is 0 Å². The summed E-state index contributed by atoms with van der Waals surface area (Å²) in [7, 11) is -3.70. The number of carbonyl (C=O) groups excluding carboxylic acids is 1. The van der Waals surface area contributed by atoms with Gasteiger partial charge in [0.1, 0.15) is 0 Å². The minimum absolute atomic E-state index is 0.000122. The van der Waals surface area contributed by atoms with Crippen LogP contribution in [-0.4, -0.2) is 48.4 Å². The number of hydrogen-bond donors (Lipinski definition) is 3. The van der Waals surface area contributed by atoms with Crippen molar-refractivity contribution in [1.29, 1.82) is 0 Å². The van der Waals surface area contributed by atoms with Crippen molar-refractivity contribution in [3.8, 4) is 0 Å². The third-order valence-corrected chi connectivity index (χ3v) is 6.03. The third kappa shape index (κ3) is 4.78. The van der Waals surface area contributed by atoms with Crippen LogP contribution in [0.4, 0.5) is 4.79 Å². The Balaban J connectivity index is 2.11. The van der Waals surface area contributed by atoms with Gasteiger partial charge in [0.25, 0.3) is 0 Å². The molecule has 7 nitrogen and oxygen atoms in total. The second-order valence-electron chi connectivity index (χ2n) is 6.12. The molecule has 0 aromatic heterocycles. The van der Waals surface area contributed by atoms with Crippen molar-refractivity contribution < 1.29 is 28.2 Å². The van der Waals surface area contributed by atoms with Crippen LogP contribution in [0.25, 0.3) is 0 Å². The molecule has 132 valence electrons. The van der Waals surface area contributed by atoms with Crippen LogP contribution in [0, 0.1) is 0 Å². The molecule has 0 unspecified atom stereocenters. The fraction of sp³-hybridized carbons (Fsp3) is 0.500. The highest BCUT2D eigenvalue weighted by Crippen LogP contribution is 2.32. The number of amides is 1. The van der Waals surface area contributed by atoms with Gasteiger partial charge in [-0.25, -0.2) is 13.2 Å². The zero-order valence-corrected chi connectivity index (χ0v) is 14.0. The van der Waals surface area contributed by atoms with Crippen molar-refractivity contribution in [3.05, 3.63) is 29.8 Å². The zero-order valence-electron chi connectivity index (χ0n) is 13.2. The number of rotatable bonds is 7. The average molecular weight is 355 g/mol. The summed E-state index contributed by atoms with van der Waals surface area (Å²) in [4.78, 5) is 22.4. The molecule has 24 heavy (non-hydrogen) atoms. The van der Waals surface area contributed by atoms with Gasteiger partial charge < -0.3 is 15.5 Å². The van der Waals surface area contributed by atoms with Crippen molar-refractivity contribution >= 4 is 21.7 Å². The van der Waals surface area contributed by atoms with Crippen LogP contribution in [0.3, 0.4) is 0 Å². The molecule has 1 fully saturated rings. The third-order valence-electron chi connectivity index (χ3n) is 4.14. The monoisotopic (exact) mass is 355 g/mol. The summed E-state index contributed by atoms with van der Waals surface area (Å²) in [5, 5.41) is 20.9. The molecule has 0 bridgehead atoms. The van der Waals surface area contributed by atoms with E-state index in [2.05, 4.69) is 5.32 Å². The Hall–Kier alpha value is -1.93. The maximum Gasteiger partial charge on any atom is 0.404 e. The largest absolute Gasteiger partial charge is 0.465 e. The Bertz CT molecular complexity index is 722. The van der Waals surface area contributed by atoms with Gasteiger partial charge in [0.15, 0.2) is 15.6 Å². The molecule has 2 rings (SSSR count).